The number of rotatable bonds is 2. The van der Waals surface area contributed by atoms with Crippen molar-refractivity contribution in [3.63, 3.8) is 0 Å². The van der Waals surface area contributed by atoms with Crippen molar-refractivity contribution in [2.75, 3.05) is 37.7 Å². The molecule has 25 heavy (non-hydrogen) atoms. The summed E-state index contributed by atoms with van der Waals surface area (Å²) >= 11 is 0. The molecule has 2 saturated heterocycles. The van der Waals surface area contributed by atoms with E-state index in [1.165, 1.54) is 0 Å². The molecule has 2 aromatic heterocycles. The maximum absolute atomic E-state index is 12.7. The zero-order valence-electron chi connectivity index (χ0n) is 14.3. The molecule has 0 N–H and O–H groups in total. The lowest BCUT2D eigenvalue weighted by molar-refractivity contribution is -0.0169. The molecule has 0 unspecified atom stereocenters. The molecule has 0 aliphatic carbocycles. The normalized spacial score (nSPS) is 23.9. The van der Waals surface area contributed by atoms with Crippen LogP contribution in [0, 0.1) is 12.8 Å². The van der Waals surface area contributed by atoms with Crippen molar-refractivity contribution in [2.24, 2.45) is 5.92 Å². The van der Waals surface area contributed by atoms with Crippen molar-refractivity contribution in [1.82, 2.24) is 14.9 Å². The molecule has 0 aromatic carbocycles. The molecule has 0 bridgehead atoms. The Balaban J connectivity index is 1.44. The second kappa shape index (κ2) is 6.84. The van der Waals surface area contributed by atoms with Crippen LogP contribution in [0.25, 0.3) is 0 Å². The maximum Gasteiger partial charge on any atom is 0.257 e. The topological polar surface area (TPSA) is 71.7 Å². The number of hydrogen-bond acceptors (Lipinski definition) is 6. The van der Waals surface area contributed by atoms with Crippen LogP contribution in [0.3, 0.4) is 0 Å². The van der Waals surface area contributed by atoms with Gasteiger partial charge in [-0.25, -0.2) is 9.97 Å². The molecule has 132 valence electrons. The quantitative estimate of drug-likeness (QED) is 0.828. The van der Waals surface area contributed by atoms with E-state index in [-0.39, 0.29) is 12.0 Å². The smallest absolute Gasteiger partial charge is 0.257 e. The van der Waals surface area contributed by atoms with Gasteiger partial charge in [0.25, 0.3) is 5.91 Å². The third-order valence-corrected chi connectivity index (χ3v) is 5.06. The standard InChI is InChI=1S/C18H22N4O3/c1-13-15(4-9-24-13)17(23)21-7-3-14-11-22(8-10-25-16(14)12-21)18-19-5-2-6-20-18/h2,4-6,9,14,16H,3,7-8,10-12H2,1H3/t14-,16+/m1/s1. The minimum Gasteiger partial charge on any atom is -0.469 e. The predicted molar refractivity (Wildman–Crippen MR) is 91.4 cm³/mol. The number of amides is 1. The molecule has 2 atom stereocenters. The lowest BCUT2D eigenvalue weighted by Crippen LogP contribution is -2.49. The third kappa shape index (κ3) is 3.24. The fourth-order valence-electron chi connectivity index (χ4n) is 3.65. The first-order valence-electron chi connectivity index (χ1n) is 8.69. The highest BCUT2D eigenvalue weighted by Gasteiger charge is 2.36. The summed E-state index contributed by atoms with van der Waals surface area (Å²) < 4.78 is 11.3. The Morgan fingerprint density at radius 1 is 1.24 bits per heavy atom. The van der Waals surface area contributed by atoms with Crippen molar-refractivity contribution in [3.8, 4) is 0 Å². The van der Waals surface area contributed by atoms with Crippen LogP contribution in [0.5, 0.6) is 0 Å². The molecule has 2 aromatic rings. The number of piperidine rings is 1. The molecule has 0 spiro atoms. The summed E-state index contributed by atoms with van der Waals surface area (Å²) in [5, 5.41) is 0. The molecular weight excluding hydrogens is 320 g/mol. The summed E-state index contributed by atoms with van der Waals surface area (Å²) in [6.45, 7) is 5.42. The molecule has 7 nitrogen and oxygen atoms in total. The highest BCUT2D eigenvalue weighted by Crippen LogP contribution is 2.27. The van der Waals surface area contributed by atoms with Crippen LogP contribution < -0.4 is 4.90 Å². The number of hydrogen-bond donors (Lipinski definition) is 0. The highest BCUT2D eigenvalue weighted by atomic mass is 16.5. The highest BCUT2D eigenvalue weighted by molar-refractivity contribution is 5.95. The molecule has 2 aliphatic heterocycles. The van der Waals surface area contributed by atoms with Gasteiger partial charge in [-0.05, 0) is 25.5 Å². The van der Waals surface area contributed by atoms with E-state index in [0.717, 1.165) is 32.0 Å². The van der Waals surface area contributed by atoms with Gasteiger partial charge in [-0.15, -0.1) is 0 Å². The Kier molecular flexibility index (Phi) is 4.40. The summed E-state index contributed by atoms with van der Waals surface area (Å²) in [6.07, 6.45) is 6.06. The van der Waals surface area contributed by atoms with E-state index in [9.17, 15) is 4.79 Å². The van der Waals surface area contributed by atoms with E-state index >= 15 is 0 Å². The van der Waals surface area contributed by atoms with Gasteiger partial charge in [0.2, 0.25) is 5.95 Å². The van der Waals surface area contributed by atoms with Crippen molar-refractivity contribution in [3.05, 3.63) is 42.1 Å². The van der Waals surface area contributed by atoms with Gasteiger partial charge in [0.15, 0.2) is 0 Å². The van der Waals surface area contributed by atoms with Crippen LogP contribution in [0.1, 0.15) is 22.5 Å². The second-order valence-corrected chi connectivity index (χ2v) is 6.59. The van der Waals surface area contributed by atoms with Crippen LogP contribution in [0.2, 0.25) is 0 Å². The van der Waals surface area contributed by atoms with Gasteiger partial charge in [-0.2, -0.15) is 0 Å². The molecule has 2 fully saturated rings. The number of fused-ring (bicyclic) bond motifs is 1. The molecule has 4 rings (SSSR count). The number of carbonyl (C=O) groups excluding carboxylic acids is 1. The average Bonchev–Trinajstić information content (AvgIpc) is 2.96. The fraction of sp³-hybridized carbons (Fsp3) is 0.500. The lowest BCUT2D eigenvalue weighted by Gasteiger charge is -2.37. The first kappa shape index (κ1) is 16.1. The zero-order valence-corrected chi connectivity index (χ0v) is 14.3. The molecule has 7 heteroatoms. The van der Waals surface area contributed by atoms with E-state index in [4.69, 9.17) is 9.15 Å². The number of carbonyl (C=O) groups is 1. The van der Waals surface area contributed by atoms with Crippen LogP contribution in [0.15, 0.2) is 35.2 Å². The maximum atomic E-state index is 12.7. The first-order valence-corrected chi connectivity index (χ1v) is 8.69. The van der Waals surface area contributed by atoms with Crippen molar-refractivity contribution in [2.45, 2.75) is 19.4 Å². The van der Waals surface area contributed by atoms with Crippen LogP contribution >= 0.6 is 0 Å². The molecule has 4 heterocycles. The zero-order chi connectivity index (χ0) is 17.2. The Morgan fingerprint density at radius 3 is 2.84 bits per heavy atom. The van der Waals surface area contributed by atoms with E-state index in [1.807, 2.05) is 17.9 Å². The van der Waals surface area contributed by atoms with Gasteiger partial charge in [0.05, 0.1) is 24.5 Å². The third-order valence-electron chi connectivity index (χ3n) is 5.06. The summed E-state index contributed by atoms with van der Waals surface area (Å²) in [6, 6.07) is 3.56. The Bertz CT molecular complexity index is 733. The van der Waals surface area contributed by atoms with Gasteiger partial charge in [0, 0.05) is 44.5 Å². The number of furan rings is 1. The summed E-state index contributed by atoms with van der Waals surface area (Å²) in [5.74, 6) is 1.82. The molecule has 0 radical (unpaired) electrons. The SMILES string of the molecule is Cc1occc1C(=O)N1CC[C@@H]2CN(c3ncccn3)CCO[C@H]2C1. The lowest BCUT2D eigenvalue weighted by atomic mass is 9.93. The minimum absolute atomic E-state index is 0.0285. The summed E-state index contributed by atoms with van der Waals surface area (Å²) in [4.78, 5) is 25.5. The van der Waals surface area contributed by atoms with Gasteiger partial charge in [-0.1, -0.05) is 0 Å². The second-order valence-electron chi connectivity index (χ2n) is 6.59. The number of aryl methyl sites for hydroxylation is 1. The van der Waals surface area contributed by atoms with E-state index in [1.54, 1.807) is 24.7 Å². The molecule has 0 saturated carbocycles. The van der Waals surface area contributed by atoms with Gasteiger partial charge < -0.3 is 19.0 Å². The van der Waals surface area contributed by atoms with Crippen LogP contribution in [-0.2, 0) is 4.74 Å². The van der Waals surface area contributed by atoms with E-state index in [2.05, 4.69) is 14.9 Å². The summed E-state index contributed by atoms with van der Waals surface area (Å²) in [5.41, 5.74) is 0.645. The first-order chi connectivity index (χ1) is 12.2. The minimum atomic E-state index is 0.0285. The van der Waals surface area contributed by atoms with E-state index < -0.39 is 0 Å². The van der Waals surface area contributed by atoms with Gasteiger partial charge in [-0.3, -0.25) is 4.79 Å². The van der Waals surface area contributed by atoms with Gasteiger partial charge in [0.1, 0.15) is 5.76 Å². The van der Waals surface area contributed by atoms with Gasteiger partial charge >= 0.3 is 0 Å². The fourth-order valence-corrected chi connectivity index (χ4v) is 3.65. The molecular formula is C18H22N4O3. The Morgan fingerprint density at radius 2 is 2.08 bits per heavy atom. The largest absolute Gasteiger partial charge is 0.469 e. The van der Waals surface area contributed by atoms with Crippen molar-refractivity contribution < 1.29 is 13.9 Å². The average molecular weight is 342 g/mol. The van der Waals surface area contributed by atoms with Crippen LogP contribution in [0.4, 0.5) is 5.95 Å². The van der Waals surface area contributed by atoms with Crippen molar-refractivity contribution in [1.29, 1.82) is 0 Å². The summed E-state index contributed by atoms with van der Waals surface area (Å²) in [7, 11) is 0. The monoisotopic (exact) mass is 342 g/mol. The number of likely N-dealkylation sites (tertiary alicyclic amines) is 1. The van der Waals surface area contributed by atoms with E-state index in [0.29, 0.717) is 30.4 Å². The number of anilines is 1. The Hall–Kier alpha value is -2.41. The number of aromatic nitrogens is 2. The number of nitrogens with zero attached hydrogens (tertiary/aromatic N) is 4. The molecule has 1 amide bonds. The Labute approximate surface area is 146 Å². The predicted octanol–water partition coefficient (Wildman–Crippen LogP) is 1.75. The van der Waals surface area contributed by atoms with Crippen molar-refractivity contribution >= 4 is 11.9 Å². The molecule has 2 aliphatic rings. The van der Waals surface area contributed by atoms with Crippen LogP contribution in [-0.4, -0.2) is 59.7 Å². The number of ether oxygens (including phenoxy) is 1.